The number of anilines is 1. The zero-order valence-electron chi connectivity index (χ0n) is 14.7. The van der Waals surface area contributed by atoms with E-state index in [2.05, 4.69) is 15.5 Å². The lowest BCUT2D eigenvalue weighted by atomic mass is 10.3. The molecule has 0 unspecified atom stereocenters. The normalized spacial score (nSPS) is 11.7. The first-order chi connectivity index (χ1) is 13.0. The summed E-state index contributed by atoms with van der Waals surface area (Å²) in [6.45, 7) is 3.12. The minimum atomic E-state index is -1.03. The number of hydrogen-bond donors (Lipinski definition) is 1. The summed E-state index contributed by atoms with van der Waals surface area (Å²) in [5.41, 5.74) is 1.61. The maximum atomic E-state index is 12.4. The van der Waals surface area contributed by atoms with E-state index in [1.165, 1.54) is 11.7 Å². The van der Waals surface area contributed by atoms with Crippen molar-refractivity contribution in [1.29, 1.82) is 0 Å². The Bertz CT molecular complexity index is 972. The number of esters is 1. The molecular formula is C19H17ClN4O3. The van der Waals surface area contributed by atoms with Gasteiger partial charge in [0.05, 0.1) is 22.1 Å². The maximum absolute atomic E-state index is 12.4. The molecule has 0 bridgehead atoms. The van der Waals surface area contributed by atoms with Gasteiger partial charge in [-0.15, -0.1) is 5.10 Å². The van der Waals surface area contributed by atoms with Crippen LogP contribution in [0.3, 0.4) is 0 Å². The largest absolute Gasteiger partial charge is 0.448 e. The van der Waals surface area contributed by atoms with E-state index in [4.69, 9.17) is 16.3 Å². The Hall–Kier alpha value is -3.19. The van der Waals surface area contributed by atoms with Crippen LogP contribution in [0.5, 0.6) is 0 Å². The molecule has 138 valence electrons. The van der Waals surface area contributed by atoms with E-state index in [0.29, 0.717) is 22.1 Å². The van der Waals surface area contributed by atoms with Crippen molar-refractivity contribution in [2.24, 2.45) is 0 Å². The van der Waals surface area contributed by atoms with Crippen molar-refractivity contribution in [3.63, 3.8) is 0 Å². The number of nitrogens with one attached hydrogen (secondary N) is 1. The highest BCUT2D eigenvalue weighted by Crippen LogP contribution is 2.21. The lowest BCUT2D eigenvalue weighted by Crippen LogP contribution is -2.30. The first-order valence-electron chi connectivity index (χ1n) is 8.21. The first kappa shape index (κ1) is 18.6. The van der Waals surface area contributed by atoms with Gasteiger partial charge >= 0.3 is 5.97 Å². The van der Waals surface area contributed by atoms with Crippen LogP contribution in [0, 0.1) is 6.92 Å². The van der Waals surface area contributed by atoms with Gasteiger partial charge in [0, 0.05) is 0 Å². The van der Waals surface area contributed by atoms with Crippen LogP contribution in [-0.2, 0) is 9.53 Å². The number of aryl methyl sites for hydroxylation is 1. The number of nitrogens with zero attached hydrogens (tertiary/aromatic N) is 3. The molecule has 3 rings (SSSR count). The van der Waals surface area contributed by atoms with Gasteiger partial charge in [-0.05, 0) is 38.1 Å². The molecule has 7 nitrogen and oxygen atoms in total. The number of rotatable bonds is 5. The van der Waals surface area contributed by atoms with Gasteiger partial charge in [0.1, 0.15) is 0 Å². The fourth-order valence-corrected chi connectivity index (χ4v) is 2.49. The zero-order chi connectivity index (χ0) is 19.4. The Kier molecular flexibility index (Phi) is 5.52. The van der Waals surface area contributed by atoms with Crippen molar-refractivity contribution in [2.45, 2.75) is 20.0 Å². The highest BCUT2D eigenvalue weighted by molar-refractivity contribution is 6.33. The molecule has 8 heteroatoms. The van der Waals surface area contributed by atoms with Crippen LogP contribution in [-0.4, -0.2) is 33.0 Å². The SMILES string of the molecule is Cc1nn(-c2ccccc2)nc1C(=O)O[C@H](C)C(=O)Nc1ccccc1Cl. The van der Waals surface area contributed by atoms with Gasteiger partial charge in [-0.1, -0.05) is 41.9 Å². The summed E-state index contributed by atoms with van der Waals surface area (Å²) in [6.07, 6.45) is -1.03. The molecule has 0 spiro atoms. The van der Waals surface area contributed by atoms with Crippen LogP contribution in [0.25, 0.3) is 5.69 Å². The monoisotopic (exact) mass is 384 g/mol. The van der Waals surface area contributed by atoms with Crippen LogP contribution >= 0.6 is 11.6 Å². The molecule has 0 radical (unpaired) electrons. The predicted molar refractivity (Wildman–Crippen MR) is 101 cm³/mol. The number of benzene rings is 2. The van der Waals surface area contributed by atoms with Crippen molar-refractivity contribution in [3.05, 3.63) is 71.0 Å². The van der Waals surface area contributed by atoms with Gasteiger partial charge in [0.15, 0.2) is 11.8 Å². The highest BCUT2D eigenvalue weighted by atomic mass is 35.5. The van der Waals surface area contributed by atoms with Crippen molar-refractivity contribution < 1.29 is 14.3 Å². The molecule has 0 fully saturated rings. The molecule has 0 aliphatic rings. The van der Waals surface area contributed by atoms with Crippen LogP contribution in [0.4, 0.5) is 5.69 Å². The van der Waals surface area contributed by atoms with E-state index in [-0.39, 0.29) is 5.69 Å². The molecule has 1 heterocycles. The maximum Gasteiger partial charge on any atom is 0.361 e. The molecule has 1 atom stereocenters. The molecule has 1 N–H and O–H groups in total. The lowest BCUT2D eigenvalue weighted by molar-refractivity contribution is -0.123. The van der Waals surface area contributed by atoms with Crippen molar-refractivity contribution >= 4 is 29.2 Å². The second-order valence-corrected chi connectivity index (χ2v) is 6.18. The Morgan fingerprint density at radius 3 is 2.44 bits per heavy atom. The van der Waals surface area contributed by atoms with E-state index in [9.17, 15) is 9.59 Å². The Labute approximate surface area is 160 Å². The van der Waals surface area contributed by atoms with Gasteiger partial charge in [0.2, 0.25) is 0 Å². The third kappa shape index (κ3) is 4.32. The average Bonchev–Trinajstić information content (AvgIpc) is 3.06. The summed E-state index contributed by atoms with van der Waals surface area (Å²) >= 11 is 6.01. The van der Waals surface area contributed by atoms with Gasteiger partial charge in [-0.3, -0.25) is 4.79 Å². The number of carbonyl (C=O) groups excluding carboxylic acids is 2. The molecule has 0 aliphatic carbocycles. The number of halogens is 1. The van der Waals surface area contributed by atoms with Gasteiger partial charge in [-0.25, -0.2) is 4.79 Å². The van der Waals surface area contributed by atoms with Crippen molar-refractivity contribution in [2.75, 3.05) is 5.32 Å². The van der Waals surface area contributed by atoms with Gasteiger partial charge < -0.3 is 10.1 Å². The smallest absolute Gasteiger partial charge is 0.361 e. The Morgan fingerprint density at radius 2 is 1.74 bits per heavy atom. The standard InChI is InChI=1S/C19H17ClN4O3/c1-12-17(23-24(22-12)14-8-4-3-5-9-14)19(26)27-13(2)18(25)21-16-11-7-6-10-15(16)20/h3-11,13H,1-2H3,(H,21,25)/t13-/m1/s1. The lowest BCUT2D eigenvalue weighted by Gasteiger charge is -2.13. The third-order valence-corrected chi connectivity index (χ3v) is 4.08. The third-order valence-electron chi connectivity index (χ3n) is 3.75. The topological polar surface area (TPSA) is 86.1 Å². The Morgan fingerprint density at radius 1 is 1.07 bits per heavy atom. The second-order valence-electron chi connectivity index (χ2n) is 5.78. The number of aromatic nitrogens is 3. The molecule has 0 saturated heterocycles. The molecule has 0 saturated carbocycles. The molecule has 0 aliphatic heterocycles. The number of amides is 1. The van der Waals surface area contributed by atoms with E-state index >= 15 is 0 Å². The van der Waals surface area contributed by atoms with Gasteiger partial charge in [-0.2, -0.15) is 9.90 Å². The molecule has 2 aromatic carbocycles. The van der Waals surface area contributed by atoms with Crippen molar-refractivity contribution in [3.8, 4) is 5.69 Å². The number of ether oxygens (including phenoxy) is 1. The molecule has 1 aromatic heterocycles. The number of hydrogen-bond acceptors (Lipinski definition) is 5. The first-order valence-corrected chi connectivity index (χ1v) is 8.59. The van der Waals surface area contributed by atoms with Crippen LogP contribution in [0.2, 0.25) is 5.02 Å². The molecule has 27 heavy (non-hydrogen) atoms. The Balaban J connectivity index is 1.69. The fraction of sp³-hybridized carbons (Fsp3) is 0.158. The minimum Gasteiger partial charge on any atom is -0.448 e. The quantitative estimate of drug-likeness (QED) is 0.681. The molecule has 3 aromatic rings. The number of para-hydroxylation sites is 2. The summed E-state index contributed by atoms with van der Waals surface area (Å²) in [4.78, 5) is 26.0. The van der Waals surface area contributed by atoms with Crippen LogP contribution < -0.4 is 5.32 Å². The van der Waals surface area contributed by atoms with Crippen LogP contribution in [0.1, 0.15) is 23.1 Å². The summed E-state index contributed by atoms with van der Waals surface area (Å²) < 4.78 is 5.23. The van der Waals surface area contributed by atoms with E-state index < -0.39 is 18.0 Å². The highest BCUT2D eigenvalue weighted by Gasteiger charge is 2.24. The van der Waals surface area contributed by atoms with E-state index in [0.717, 1.165) is 0 Å². The summed E-state index contributed by atoms with van der Waals surface area (Å²) in [6, 6.07) is 16.0. The average molecular weight is 385 g/mol. The summed E-state index contributed by atoms with van der Waals surface area (Å²) in [5, 5.41) is 11.4. The van der Waals surface area contributed by atoms with E-state index in [1.807, 2.05) is 30.3 Å². The number of carbonyl (C=O) groups is 2. The second kappa shape index (κ2) is 8.01. The fourth-order valence-electron chi connectivity index (χ4n) is 2.31. The minimum absolute atomic E-state index is 0.0521. The van der Waals surface area contributed by atoms with Crippen LogP contribution in [0.15, 0.2) is 54.6 Å². The summed E-state index contributed by atoms with van der Waals surface area (Å²) in [5.74, 6) is -1.22. The molecule has 1 amide bonds. The zero-order valence-corrected chi connectivity index (χ0v) is 15.5. The predicted octanol–water partition coefficient (Wildman–Crippen LogP) is 3.41. The van der Waals surface area contributed by atoms with Gasteiger partial charge in [0.25, 0.3) is 5.91 Å². The molecular weight excluding hydrogens is 368 g/mol. The summed E-state index contributed by atoms with van der Waals surface area (Å²) in [7, 11) is 0. The van der Waals surface area contributed by atoms with E-state index in [1.54, 1.807) is 31.2 Å². The van der Waals surface area contributed by atoms with Crippen molar-refractivity contribution in [1.82, 2.24) is 15.0 Å².